The van der Waals surface area contributed by atoms with E-state index in [0.717, 1.165) is 5.92 Å². The first-order valence-electron chi connectivity index (χ1n) is 5.48. The summed E-state index contributed by atoms with van der Waals surface area (Å²) in [5.74, 6) is 1.01. The van der Waals surface area contributed by atoms with Crippen molar-refractivity contribution in [1.82, 2.24) is 10.3 Å². The van der Waals surface area contributed by atoms with E-state index >= 15 is 0 Å². The third-order valence-corrected chi connectivity index (χ3v) is 2.95. The fourth-order valence-electron chi connectivity index (χ4n) is 1.83. The average Bonchev–Trinajstić information content (AvgIpc) is 3.04. The molecule has 1 aromatic rings. The highest BCUT2D eigenvalue weighted by Crippen LogP contribution is 2.35. The summed E-state index contributed by atoms with van der Waals surface area (Å²) in [5.41, 5.74) is 1.18. The molecule has 14 heavy (non-hydrogen) atoms. The molecule has 0 aliphatic heterocycles. The number of pyridine rings is 1. The van der Waals surface area contributed by atoms with E-state index in [1.54, 1.807) is 0 Å². The summed E-state index contributed by atoms with van der Waals surface area (Å²) >= 11 is 0. The molecular weight excluding hydrogens is 172 g/mol. The van der Waals surface area contributed by atoms with Crippen LogP contribution in [-0.2, 0) is 0 Å². The monoisotopic (exact) mass is 190 g/mol. The molecule has 1 unspecified atom stereocenters. The lowest BCUT2D eigenvalue weighted by molar-refractivity contribution is 0.496. The van der Waals surface area contributed by atoms with Crippen molar-refractivity contribution < 1.29 is 0 Å². The second-order valence-corrected chi connectivity index (χ2v) is 4.12. The van der Waals surface area contributed by atoms with Crippen molar-refractivity contribution in [3.8, 4) is 0 Å². The first-order chi connectivity index (χ1) is 6.90. The molecule has 1 fully saturated rings. The van der Waals surface area contributed by atoms with Gasteiger partial charge in [0.15, 0.2) is 0 Å². The zero-order valence-corrected chi connectivity index (χ0v) is 8.74. The lowest BCUT2D eigenvalue weighted by Crippen LogP contribution is -2.17. The van der Waals surface area contributed by atoms with Gasteiger partial charge in [0.2, 0.25) is 0 Å². The number of hydrogen-bond acceptors (Lipinski definition) is 2. The third-order valence-electron chi connectivity index (χ3n) is 2.95. The maximum atomic E-state index is 4.39. The van der Waals surface area contributed by atoms with Crippen LogP contribution in [0.3, 0.4) is 0 Å². The largest absolute Gasteiger partial charge is 0.312 e. The highest BCUT2D eigenvalue weighted by atomic mass is 14.9. The summed E-state index contributed by atoms with van der Waals surface area (Å²) in [6, 6.07) is 6.58. The molecule has 1 saturated carbocycles. The van der Waals surface area contributed by atoms with Crippen LogP contribution in [0.2, 0.25) is 0 Å². The second-order valence-electron chi connectivity index (χ2n) is 4.12. The Hall–Kier alpha value is -0.890. The highest BCUT2D eigenvalue weighted by Gasteiger charge is 2.22. The maximum absolute atomic E-state index is 4.39. The van der Waals surface area contributed by atoms with Crippen molar-refractivity contribution in [2.45, 2.75) is 31.7 Å². The molecule has 0 aromatic carbocycles. The predicted octanol–water partition coefficient (Wildman–Crippen LogP) is 2.53. The molecule has 0 bridgehead atoms. The minimum atomic E-state index is 0.441. The zero-order chi connectivity index (χ0) is 9.80. The van der Waals surface area contributed by atoms with Gasteiger partial charge in [0.05, 0.1) is 5.69 Å². The van der Waals surface area contributed by atoms with Crippen molar-refractivity contribution in [1.29, 1.82) is 0 Å². The van der Waals surface area contributed by atoms with Gasteiger partial charge >= 0.3 is 0 Å². The Morgan fingerprint density at radius 3 is 2.93 bits per heavy atom. The lowest BCUT2D eigenvalue weighted by atomic mass is 10.1. The normalized spacial score (nSPS) is 18.1. The van der Waals surface area contributed by atoms with Crippen molar-refractivity contribution in [2.24, 2.45) is 5.92 Å². The van der Waals surface area contributed by atoms with Gasteiger partial charge in [0, 0.05) is 12.2 Å². The van der Waals surface area contributed by atoms with E-state index in [0.29, 0.717) is 6.04 Å². The van der Waals surface area contributed by atoms with E-state index in [-0.39, 0.29) is 0 Å². The molecule has 0 spiro atoms. The van der Waals surface area contributed by atoms with Gasteiger partial charge in [-0.3, -0.25) is 4.98 Å². The van der Waals surface area contributed by atoms with Gasteiger partial charge in [-0.25, -0.2) is 0 Å². The number of nitrogens with zero attached hydrogens (tertiary/aromatic N) is 1. The summed E-state index contributed by atoms with van der Waals surface area (Å²) in [6.45, 7) is 0. The topological polar surface area (TPSA) is 24.9 Å². The predicted molar refractivity (Wildman–Crippen MR) is 58.0 cm³/mol. The smallest absolute Gasteiger partial charge is 0.0573 e. The van der Waals surface area contributed by atoms with E-state index in [4.69, 9.17) is 0 Å². The van der Waals surface area contributed by atoms with Crippen LogP contribution in [0.1, 0.15) is 37.4 Å². The highest BCUT2D eigenvalue weighted by molar-refractivity contribution is 5.08. The molecule has 1 aliphatic carbocycles. The molecule has 1 atom stereocenters. The van der Waals surface area contributed by atoms with Crippen LogP contribution >= 0.6 is 0 Å². The van der Waals surface area contributed by atoms with Crippen LogP contribution in [0, 0.1) is 5.92 Å². The quantitative estimate of drug-likeness (QED) is 0.771. The Bertz CT molecular complexity index is 267. The van der Waals surface area contributed by atoms with Gasteiger partial charge in [-0.2, -0.15) is 0 Å². The summed E-state index contributed by atoms with van der Waals surface area (Å²) < 4.78 is 0. The van der Waals surface area contributed by atoms with E-state index < -0.39 is 0 Å². The average molecular weight is 190 g/mol. The Morgan fingerprint density at radius 2 is 2.36 bits per heavy atom. The molecule has 0 radical (unpaired) electrons. The van der Waals surface area contributed by atoms with Crippen LogP contribution in [0.15, 0.2) is 24.4 Å². The van der Waals surface area contributed by atoms with Crippen LogP contribution in [0.25, 0.3) is 0 Å². The van der Waals surface area contributed by atoms with E-state index in [9.17, 15) is 0 Å². The van der Waals surface area contributed by atoms with Crippen molar-refractivity contribution >= 4 is 0 Å². The second kappa shape index (κ2) is 4.56. The van der Waals surface area contributed by atoms with Crippen molar-refractivity contribution in [3.63, 3.8) is 0 Å². The summed E-state index contributed by atoms with van der Waals surface area (Å²) in [6.07, 6.45) is 7.33. The minimum Gasteiger partial charge on any atom is -0.312 e. The first-order valence-corrected chi connectivity index (χ1v) is 5.48. The maximum Gasteiger partial charge on any atom is 0.0573 e. The Balaban J connectivity index is 1.90. The van der Waals surface area contributed by atoms with Crippen LogP contribution < -0.4 is 5.32 Å². The molecule has 2 rings (SSSR count). The van der Waals surface area contributed by atoms with E-state index in [2.05, 4.69) is 22.4 Å². The molecule has 1 aliphatic rings. The summed E-state index contributed by atoms with van der Waals surface area (Å²) in [4.78, 5) is 4.39. The van der Waals surface area contributed by atoms with Gasteiger partial charge in [0.25, 0.3) is 0 Å². The Kier molecular flexibility index (Phi) is 3.14. The van der Waals surface area contributed by atoms with Crippen LogP contribution in [-0.4, -0.2) is 12.0 Å². The standard InChI is InChI=1S/C12H18N2/c1-13-11(8-7-10-5-6-10)12-4-2-3-9-14-12/h2-4,9-11,13H,5-8H2,1H3. The van der Waals surface area contributed by atoms with Gasteiger partial charge in [-0.15, -0.1) is 0 Å². The first kappa shape index (κ1) is 9.66. The Labute approximate surface area is 85.7 Å². The fourth-order valence-corrected chi connectivity index (χ4v) is 1.83. The third kappa shape index (κ3) is 2.55. The van der Waals surface area contributed by atoms with Gasteiger partial charge in [-0.1, -0.05) is 18.9 Å². The van der Waals surface area contributed by atoms with Crippen molar-refractivity contribution in [3.05, 3.63) is 30.1 Å². The van der Waals surface area contributed by atoms with Crippen LogP contribution in [0.5, 0.6) is 0 Å². The molecular formula is C12H18N2. The molecule has 1 aromatic heterocycles. The molecule has 2 heteroatoms. The summed E-state index contributed by atoms with van der Waals surface area (Å²) in [5, 5.41) is 3.34. The molecule has 0 saturated heterocycles. The van der Waals surface area contributed by atoms with Crippen LogP contribution in [0.4, 0.5) is 0 Å². The molecule has 76 valence electrons. The molecule has 1 heterocycles. The van der Waals surface area contributed by atoms with Gasteiger partial charge in [-0.05, 0) is 37.9 Å². The number of rotatable bonds is 5. The SMILES string of the molecule is CNC(CCC1CC1)c1ccccn1. The number of nitrogens with one attached hydrogen (secondary N) is 1. The zero-order valence-electron chi connectivity index (χ0n) is 8.74. The Morgan fingerprint density at radius 1 is 1.50 bits per heavy atom. The van der Waals surface area contributed by atoms with Gasteiger partial charge < -0.3 is 5.32 Å². The van der Waals surface area contributed by atoms with Crippen molar-refractivity contribution in [2.75, 3.05) is 7.05 Å². The van der Waals surface area contributed by atoms with Gasteiger partial charge in [0.1, 0.15) is 0 Å². The molecule has 1 N–H and O–H groups in total. The lowest BCUT2D eigenvalue weighted by Gasteiger charge is -2.14. The summed E-state index contributed by atoms with van der Waals surface area (Å²) in [7, 11) is 2.02. The minimum absolute atomic E-state index is 0.441. The van der Waals surface area contributed by atoms with E-state index in [1.165, 1.54) is 31.4 Å². The fraction of sp³-hybridized carbons (Fsp3) is 0.583. The molecule has 0 amide bonds. The molecule has 2 nitrogen and oxygen atoms in total. The van der Waals surface area contributed by atoms with E-state index in [1.807, 2.05) is 19.3 Å². The number of hydrogen-bond donors (Lipinski definition) is 1. The number of aromatic nitrogens is 1.